The van der Waals surface area contributed by atoms with Crippen molar-refractivity contribution in [3.8, 4) is 0 Å². The SMILES string of the molecule is c1cnc2c(c1)CCCC2N(CCCCNC1=NCCCN1)Cc1nccc2c1[nH]c1ccccc12. The predicted molar refractivity (Wildman–Crippen MR) is 146 cm³/mol. The van der Waals surface area contributed by atoms with Gasteiger partial charge in [-0.1, -0.05) is 24.3 Å². The van der Waals surface area contributed by atoms with Crippen LogP contribution in [0.4, 0.5) is 0 Å². The number of guanidine groups is 1. The number of nitrogens with zero attached hydrogens (tertiary/aromatic N) is 4. The Morgan fingerprint density at radius 2 is 1.94 bits per heavy atom. The zero-order chi connectivity index (χ0) is 24.2. The van der Waals surface area contributed by atoms with Crippen LogP contribution in [-0.4, -0.2) is 52.0 Å². The summed E-state index contributed by atoms with van der Waals surface area (Å²) in [5.41, 5.74) is 6.10. The molecule has 0 bridgehead atoms. The van der Waals surface area contributed by atoms with Gasteiger partial charge in [-0.2, -0.15) is 0 Å². The third-order valence-electron chi connectivity index (χ3n) is 7.53. The topological polar surface area (TPSA) is 81.2 Å². The number of unbranched alkanes of at least 4 members (excludes halogenated alkanes) is 1. The molecule has 0 saturated heterocycles. The number of rotatable bonds is 8. The van der Waals surface area contributed by atoms with E-state index in [0.29, 0.717) is 6.04 Å². The molecule has 0 saturated carbocycles. The largest absolute Gasteiger partial charge is 0.356 e. The van der Waals surface area contributed by atoms with Crippen molar-refractivity contribution in [1.82, 2.24) is 30.5 Å². The number of nitrogens with one attached hydrogen (secondary N) is 3. The standard InChI is InChI=1S/C29H35N7/c1-2-11-24-22(10-1)23-13-18-30-25(28(23)35-24)20-36(19-4-3-14-32-29-33-16-7-17-34-29)26-12-5-8-21-9-6-15-31-27(21)26/h1-2,6,9-11,13,15,18,26,35H,3-5,7-8,12,14,16-17,19-20H2,(H2,32,33,34). The summed E-state index contributed by atoms with van der Waals surface area (Å²) in [6.07, 6.45) is 10.7. The predicted octanol–water partition coefficient (Wildman–Crippen LogP) is 4.71. The Balaban J connectivity index is 1.23. The van der Waals surface area contributed by atoms with Crippen LogP contribution in [0.5, 0.6) is 0 Å². The molecule has 6 rings (SSSR count). The van der Waals surface area contributed by atoms with Gasteiger partial charge >= 0.3 is 0 Å². The monoisotopic (exact) mass is 481 g/mol. The second-order valence-electron chi connectivity index (χ2n) is 9.92. The molecule has 1 aliphatic carbocycles. The first-order chi connectivity index (χ1) is 17.9. The molecule has 4 aromatic rings. The maximum atomic E-state index is 4.87. The number of benzene rings is 1. The molecule has 1 unspecified atom stereocenters. The molecule has 1 aliphatic heterocycles. The second-order valence-corrected chi connectivity index (χ2v) is 9.92. The molecule has 3 N–H and O–H groups in total. The molecule has 0 spiro atoms. The van der Waals surface area contributed by atoms with Crippen molar-refractivity contribution >= 4 is 27.8 Å². The number of hydrogen-bond donors (Lipinski definition) is 3. The summed E-state index contributed by atoms with van der Waals surface area (Å²) >= 11 is 0. The summed E-state index contributed by atoms with van der Waals surface area (Å²) in [5.74, 6) is 0.957. The van der Waals surface area contributed by atoms with E-state index in [-0.39, 0.29) is 0 Å². The normalized spacial score (nSPS) is 17.7. The Labute approximate surface area is 212 Å². The van der Waals surface area contributed by atoms with Gasteiger partial charge in [0.25, 0.3) is 0 Å². The lowest BCUT2D eigenvalue weighted by atomic mass is 9.90. The lowest BCUT2D eigenvalue weighted by Crippen LogP contribution is -2.41. The van der Waals surface area contributed by atoms with Gasteiger partial charge in [0.05, 0.1) is 22.9 Å². The number of aliphatic imine (C=N–C) groups is 1. The molecule has 0 fully saturated rings. The van der Waals surface area contributed by atoms with Crippen LogP contribution in [-0.2, 0) is 13.0 Å². The Hall–Kier alpha value is -3.45. The van der Waals surface area contributed by atoms with E-state index >= 15 is 0 Å². The number of pyridine rings is 2. The Morgan fingerprint density at radius 1 is 0.972 bits per heavy atom. The van der Waals surface area contributed by atoms with Crippen LogP contribution in [0, 0.1) is 0 Å². The fourth-order valence-electron chi connectivity index (χ4n) is 5.73. The van der Waals surface area contributed by atoms with E-state index in [9.17, 15) is 0 Å². The lowest BCUT2D eigenvalue weighted by molar-refractivity contribution is 0.161. The summed E-state index contributed by atoms with van der Waals surface area (Å²) in [5, 5.41) is 9.33. The average molecular weight is 482 g/mol. The molecule has 7 nitrogen and oxygen atoms in total. The minimum atomic E-state index is 0.328. The highest BCUT2D eigenvalue weighted by Crippen LogP contribution is 2.35. The molecule has 4 heterocycles. The molecule has 1 atom stereocenters. The average Bonchev–Trinajstić information content (AvgIpc) is 3.32. The molecular weight excluding hydrogens is 446 g/mol. The van der Waals surface area contributed by atoms with Crippen molar-refractivity contribution in [2.45, 2.75) is 51.1 Å². The first-order valence-corrected chi connectivity index (χ1v) is 13.4. The van der Waals surface area contributed by atoms with Gasteiger partial charge in [-0.05, 0) is 68.8 Å². The van der Waals surface area contributed by atoms with Crippen molar-refractivity contribution in [2.24, 2.45) is 4.99 Å². The summed E-state index contributed by atoms with van der Waals surface area (Å²) in [6, 6.07) is 15.3. The minimum Gasteiger partial charge on any atom is -0.356 e. The maximum absolute atomic E-state index is 4.87. The van der Waals surface area contributed by atoms with E-state index in [1.165, 1.54) is 34.0 Å². The van der Waals surface area contributed by atoms with Crippen LogP contribution in [0.1, 0.15) is 55.1 Å². The molecule has 36 heavy (non-hydrogen) atoms. The van der Waals surface area contributed by atoms with Crippen LogP contribution in [0.2, 0.25) is 0 Å². The third kappa shape index (κ3) is 4.80. The molecule has 1 aromatic carbocycles. The Bertz CT molecular complexity index is 1360. The van der Waals surface area contributed by atoms with Gasteiger partial charge < -0.3 is 15.6 Å². The van der Waals surface area contributed by atoms with Gasteiger partial charge in [0.1, 0.15) is 0 Å². The third-order valence-corrected chi connectivity index (χ3v) is 7.53. The van der Waals surface area contributed by atoms with Crippen molar-refractivity contribution < 1.29 is 0 Å². The number of hydrogen-bond acceptors (Lipinski definition) is 6. The highest BCUT2D eigenvalue weighted by Gasteiger charge is 2.28. The number of aromatic nitrogens is 3. The van der Waals surface area contributed by atoms with E-state index in [4.69, 9.17) is 9.97 Å². The van der Waals surface area contributed by atoms with Crippen molar-refractivity contribution in [1.29, 1.82) is 0 Å². The van der Waals surface area contributed by atoms with Crippen molar-refractivity contribution in [2.75, 3.05) is 26.2 Å². The summed E-state index contributed by atoms with van der Waals surface area (Å²) in [4.78, 5) is 20.5. The van der Waals surface area contributed by atoms with Crippen LogP contribution in [0.25, 0.3) is 21.8 Å². The zero-order valence-electron chi connectivity index (χ0n) is 20.8. The van der Waals surface area contributed by atoms with Crippen LogP contribution in [0.3, 0.4) is 0 Å². The Kier molecular flexibility index (Phi) is 6.81. The molecule has 7 heteroatoms. The molecule has 2 aliphatic rings. The fourth-order valence-corrected chi connectivity index (χ4v) is 5.73. The number of aromatic amines is 1. The minimum absolute atomic E-state index is 0.328. The van der Waals surface area contributed by atoms with Crippen molar-refractivity contribution in [3.63, 3.8) is 0 Å². The van der Waals surface area contributed by atoms with Gasteiger partial charge in [-0.25, -0.2) is 0 Å². The van der Waals surface area contributed by atoms with E-state index in [1.807, 2.05) is 12.4 Å². The van der Waals surface area contributed by atoms with E-state index in [1.54, 1.807) is 0 Å². The van der Waals surface area contributed by atoms with E-state index < -0.39 is 0 Å². The number of H-pyrrole nitrogens is 1. The second kappa shape index (κ2) is 10.7. The smallest absolute Gasteiger partial charge is 0.191 e. The fraction of sp³-hybridized carbons (Fsp3) is 0.414. The van der Waals surface area contributed by atoms with E-state index in [0.717, 1.165) is 82.0 Å². The summed E-state index contributed by atoms with van der Waals surface area (Å²) in [7, 11) is 0. The number of aryl methyl sites for hydroxylation is 1. The van der Waals surface area contributed by atoms with Gasteiger partial charge in [-0.3, -0.25) is 19.9 Å². The zero-order valence-corrected chi connectivity index (χ0v) is 20.8. The number of fused-ring (bicyclic) bond motifs is 4. The van der Waals surface area contributed by atoms with Gasteiger partial charge in [0.15, 0.2) is 5.96 Å². The molecule has 0 radical (unpaired) electrons. The Morgan fingerprint density at radius 3 is 2.89 bits per heavy atom. The highest BCUT2D eigenvalue weighted by molar-refractivity contribution is 6.07. The molecule has 3 aromatic heterocycles. The van der Waals surface area contributed by atoms with Crippen molar-refractivity contribution in [3.05, 3.63) is 71.8 Å². The summed E-state index contributed by atoms with van der Waals surface area (Å²) < 4.78 is 0. The number of para-hydroxylation sites is 1. The van der Waals surface area contributed by atoms with Crippen LogP contribution in [0.15, 0.2) is 59.9 Å². The van der Waals surface area contributed by atoms with Gasteiger partial charge in [0.2, 0.25) is 0 Å². The first-order valence-electron chi connectivity index (χ1n) is 13.4. The van der Waals surface area contributed by atoms with Crippen LogP contribution < -0.4 is 10.6 Å². The van der Waals surface area contributed by atoms with Crippen LogP contribution >= 0.6 is 0 Å². The first kappa shape index (κ1) is 23.0. The lowest BCUT2D eigenvalue weighted by Gasteiger charge is -2.35. The molecule has 186 valence electrons. The summed E-state index contributed by atoms with van der Waals surface area (Å²) in [6.45, 7) is 4.70. The maximum Gasteiger partial charge on any atom is 0.191 e. The highest BCUT2D eigenvalue weighted by atomic mass is 15.2. The van der Waals surface area contributed by atoms with Gasteiger partial charge in [0, 0.05) is 54.9 Å². The quantitative estimate of drug-likeness (QED) is 0.318. The van der Waals surface area contributed by atoms with E-state index in [2.05, 4.69) is 68.0 Å². The molecular formula is C29H35N7. The molecule has 0 amide bonds. The van der Waals surface area contributed by atoms with Gasteiger partial charge in [-0.15, -0.1) is 0 Å².